The molecule has 0 aliphatic rings. The number of alkyl carbamates (subject to hydrolysis) is 1. The summed E-state index contributed by atoms with van der Waals surface area (Å²) < 4.78 is 5.34. The number of carbonyl (C=O) groups excluding carboxylic acids is 4. The van der Waals surface area contributed by atoms with E-state index in [1.807, 2.05) is 6.92 Å². The fraction of sp³-hybridized carbons (Fsp3) is 0.571. The number of benzene rings is 1. The van der Waals surface area contributed by atoms with Crippen LogP contribution in [0.15, 0.2) is 24.3 Å². The van der Waals surface area contributed by atoms with Crippen LogP contribution in [0, 0.1) is 12.3 Å². The maximum atomic E-state index is 14.1. The molecule has 0 radical (unpaired) electrons. The van der Waals surface area contributed by atoms with E-state index in [1.54, 1.807) is 65.8 Å². The molecule has 1 rings (SSSR count). The number of carbonyl (C=O) groups is 4. The van der Waals surface area contributed by atoms with Gasteiger partial charge in [0.2, 0.25) is 17.7 Å². The van der Waals surface area contributed by atoms with Crippen molar-refractivity contribution in [2.45, 2.75) is 97.4 Å². The van der Waals surface area contributed by atoms with E-state index < -0.39 is 41.1 Å². The minimum Gasteiger partial charge on any atom is -0.444 e. The minimum atomic E-state index is -1.16. The van der Waals surface area contributed by atoms with E-state index in [1.165, 1.54) is 4.90 Å². The molecule has 0 bridgehead atoms. The lowest BCUT2D eigenvalue weighted by Gasteiger charge is -2.43. The highest BCUT2D eigenvalue weighted by molar-refractivity contribution is 5.93. The first-order valence-electron chi connectivity index (χ1n) is 12.6. The molecule has 9 heteroatoms. The molecule has 0 saturated heterocycles. The Morgan fingerprint density at radius 3 is 2.14 bits per heavy atom. The molecule has 0 aliphatic heterocycles. The van der Waals surface area contributed by atoms with Gasteiger partial charge in [-0.1, -0.05) is 31.4 Å². The van der Waals surface area contributed by atoms with Crippen LogP contribution in [-0.4, -0.2) is 52.4 Å². The molecule has 204 valence electrons. The lowest BCUT2D eigenvalue weighted by Crippen LogP contribution is -2.58. The van der Waals surface area contributed by atoms with Crippen LogP contribution in [0.1, 0.15) is 91.3 Å². The van der Waals surface area contributed by atoms with Gasteiger partial charge in [-0.3, -0.25) is 14.4 Å². The molecule has 0 aliphatic carbocycles. The van der Waals surface area contributed by atoms with Crippen molar-refractivity contribution in [1.82, 2.24) is 15.5 Å². The normalized spacial score (nSPS) is 13.0. The van der Waals surface area contributed by atoms with E-state index in [0.717, 1.165) is 12.8 Å². The van der Waals surface area contributed by atoms with Gasteiger partial charge in [-0.05, 0) is 72.1 Å². The largest absolute Gasteiger partial charge is 0.444 e. The summed E-state index contributed by atoms with van der Waals surface area (Å²) in [4.78, 5) is 53.2. The molecule has 1 aromatic rings. The summed E-state index contributed by atoms with van der Waals surface area (Å²) in [6, 6.07) is 4.66. The summed E-state index contributed by atoms with van der Waals surface area (Å²) >= 11 is 0. The van der Waals surface area contributed by atoms with Crippen LogP contribution in [0.3, 0.4) is 0 Å². The second-order valence-corrected chi connectivity index (χ2v) is 10.9. The number of hydrogen-bond donors (Lipinski definition) is 3. The van der Waals surface area contributed by atoms with Crippen LogP contribution in [0.25, 0.3) is 0 Å². The Bertz CT molecular complexity index is 984. The monoisotopic (exact) mass is 514 g/mol. The number of ether oxygens (including phenoxy) is 1. The van der Waals surface area contributed by atoms with Gasteiger partial charge in [0.05, 0.1) is 0 Å². The highest BCUT2D eigenvalue weighted by Gasteiger charge is 2.41. The number of unbranched alkanes of at least 4 members (excludes halogenated alkanes) is 1. The van der Waals surface area contributed by atoms with Crippen LogP contribution in [-0.2, 0) is 19.1 Å². The number of rotatable bonds is 11. The van der Waals surface area contributed by atoms with Crippen LogP contribution < -0.4 is 16.4 Å². The average molecular weight is 515 g/mol. The second kappa shape index (κ2) is 13.7. The van der Waals surface area contributed by atoms with E-state index in [2.05, 4.69) is 16.6 Å². The Hall–Kier alpha value is -3.54. The highest BCUT2D eigenvalue weighted by atomic mass is 16.6. The van der Waals surface area contributed by atoms with Crippen molar-refractivity contribution in [3.8, 4) is 12.3 Å². The third-order valence-corrected chi connectivity index (χ3v) is 5.36. The quantitative estimate of drug-likeness (QED) is 0.308. The molecule has 0 saturated carbocycles. The molecule has 9 nitrogen and oxygen atoms in total. The first kappa shape index (κ1) is 31.5. The smallest absolute Gasteiger partial charge is 0.408 e. The molecular formula is C28H42N4O5. The molecule has 4 amide bonds. The number of nitrogens with zero attached hydrogens (tertiary/aromatic N) is 1. The predicted molar refractivity (Wildman–Crippen MR) is 143 cm³/mol. The molecule has 1 aromatic carbocycles. The summed E-state index contributed by atoms with van der Waals surface area (Å²) in [5.74, 6) is 1.02. The fourth-order valence-corrected chi connectivity index (χ4v) is 3.67. The number of amides is 4. The van der Waals surface area contributed by atoms with E-state index in [0.29, 0.717) is 17.7 Å². The Morgan fingerprint density at radius 2 is 1.68 bits per heavy atom. The van der Waals surface area contributed by atoms with Gasteiger partial charge in [0.15, 0.2) is 0 Å². The topological polar surface area (TPSA) is 131 Å². The average Bonchev–Trinajstić information content (AvgIpc) is 2.77. The standard InChI is InChI=1S/C28H42N4O5/c1-9-11-18-30-24(34)23(20-14-12-19(10-2)13-15-20)32(27(3,4)5)25(35)21(16-17-22(29)33)31-26(36)37-28(6,7)8/h2,12-15,21,23H,9,11,16-18H2,1,3-8H3,(H2,29,33)(H,30,34)(H,31,36). The van der Waals surface area contributed by atoms with Crippen molar-refractivity contribution in [2.75, 3.05) is 6.54 Å². The molecular weight excluding hydrogens is 472 g/mol. The van der Waals surface area contributed by atoms with Gasteiger partial charge in [0.25, 0.3) is 0 Å². The van der Waals surface area contributed by atoms with E-state index in [-0.39, 0.29) is 18.7 Å². The Balaban J connectivity index is 3.55. The third-order valence-electron chi connectivity index (χ3n) is 5.36. The predicted octanol–water partition coefficient (Wildman–Crippen LogP) is 3.41. The zero-order chi connectivity index (χ0) is 28.4. The summed E-state index contributed by atoms with van der Waals surface area (Å²) in [5.41, 5.74) is 4.88. The number of nitrogens with one attached hydrogen (secondary N) is 2. The van der Waals surface area contributed by atoms with Gasteiger partial charge >= 0.3 is 6.09 Å². The Morgan fingerprint density at radius 1 is 1.08 bits per heavy atom. The van der Waals surface area contributed by atoms with E-state index in [9.17, 15) is 19.2 Å². The van der Waals surface area contributed by atoms with Gasteiger partial charge in [-0.2, -0.15) is 0 Å². The maximum absolute atomic E-state index is 14.1. The van der Waals surface area contributed by atoms with Crippen LogP contribution >= 0.6 is 0 Å². The van der Waals surface area contributed by atoms with E-state index in [4.69, 9.17) is 16.9 Å². The first-order valence-corrected chi connectivity index (χ1v) is 12.6. The summed E-state index contributed by atoms with van der Waals surface area (Å²) in [7, 11) is 0. The third kappa shape index (κ3) is 10.5. The second-order valence-electron chi connectivity index (χ2n) is 10.9. The molecule has 4 N–H and O–H groups in total. The minimum absolute atomic E-state index is 0.0554. The SMILES string of the molecule is C#Cc1ccc(C(C(=O)NCCCC)N(C(=O)C(CCC(N)=O)NC(=O)OC(C)(C)C)C(C)(C)C)cc1. The molecule has 0 spiro atoms. The number of hydrogen-bond acceptors (Lipinski definition) is 5. The van der Waals surface area contributed by atoms with E-state index >= 15 is 0 Å². The van der Waals surface area contributed by atoms with Crippen molar-refractivity contribution in [3.05, 3.63) is 35.4 Å². The number of primary amides is 1. The van der Waals surface area contributed by atoms with Crippen LogP contribution in [0.2, 0.25) is 0 Å². The molecule has 0 heterocycles. The van der Waals surface area contributed by atoms with Gasteiger partial charge in [0, 0.05) is 24.1 Å². The lowest BCUT2D eigenvalue weighted by molar-refractivity contribution is -0.148. The number of terminal acetylenes is 1. The highest BCUT2D eigenvalue weighted by Crippen LogP contribution is 2.31. The van der Waals surface area contributed by atoms with Crippen molar-refractivity contribution in [2.24, 2.45) is 5.73 Å². The fourth-order valence-electron chi connectivity index (χ4n) is 3.67. The summed E-state index contributed by atoms with van der Waals surface area (Å²) in [6.07, 6.45) is 6.15. The molecule has 0 fully saturated rings. The van der Waals surface area contributed by atoms with Crippen molar-refractivity contribution < 1.29 is 23.9 Å². The molecule has 2 atom stereocenters. The first-order chi connectivity index (χ1) is 17.1. The van der Waals surface area contributed by atoms with Gasteiger partial charge < -0.3 is 26.0 Å². The van der Waals surface area contributed by atoms with Crippen molar-refractivity contribution in [1.29, 1.82) is 0 Å². The van der Waals surface area contributed by atoms with Crippen molar-refractivity contribution in [3.63, 3.8) is 0 Å². The van der Waals surface area contributed by atoms with Crippen molar-refractivity contribution >= 4 is 23.8 Å². The zero-order valence-corrected chi connectivity index (χ0v) is 23.1. The van der Waals surface area contributed by atoms with Gasteiger partial charge in [-0.15, -0.1) is 6.42 Å². The van der Waals surface area contributed by atoms with Gasteiger partial charge in [0.1, 0.15) is 17.7 Å². The van der Waals surface area contributed by atoms with Crippen LogP contribution in [0.5, 0.6) is 0 Å². The molecule has 37 heavy (non-hydrogen) atoms. The van der Waals surface area contributed by atoms with Crippen LogP contribution in [0.4, 0.5) is 4.79 Å². The lowest BCUT2D eigenvalue weighted by atomic mass is 9.94. The summed E-state index contributed by atoms with van der Waals surface area (Å²) in [6.45, 7) is 12.9. The summed E-state index contributed by atoms with van der Waals surface area (Å²) in [5, 5.41) is 5.50. The number of nitrogens with two attached hydrogens (primary N) is 1. The maximum Gasteiger partial charge on any atom is 0.408 e. The van der Waals surface area contributed by atoms with Gasteiger partial charge in [-0.25, -0.2) is 4.79 Å². The Kier molecular flexibility index (Phi) is 11.6. The zero-order valence-electron chi connectivity index (χ0n) is 23.1. The Labute approximate surface area is 220 Å². The molecule has 2 unspecified atom stereocenters. The molecule has 0 aromatic heterocycles.